The van der Waals surface area contributed by atoms with Gasteiger partial charge in [-0.15, -0.1) is 0 Å². The van der Waals surface area contributed by atoms with Gasteiger partial charge in [-0.05, 0) is 30.2 Å². The molecule has 1 aliphatic carbocycles. The van der Waals surface area contributed by atoms with Crippen LogP contribution in [-0.2, 0) is 0 Å². The van der Waals surface area contributed by atoms with Crippen molar-refractivity contribution in [2.45, 2.75) is 18.4 Å². The number of nitrogens with zero attached hydrogens (tertiary/aromatic N) is 1. The van der Waals surface area contributed by atoms with Gasteiger partial charge in [0.15, 0.2) is 0 Å². The molecule has 0 radical (unpaired) electrons. The zero-order chi connectivity index (χ0) is 15.3. The molecular weight excluding hydrogens is 278 g/mol. The highest BCUT2D eigenvalue weighted by Gasteiger charge is 2.40. The second kappa shape index (κ2) is 4.63. The van der Waals surface area contributed by atoms with Crippen LogP contribution < -0.4 is 0 Å². The van der Waals surface area contributed by atoms with Gasteiger partial charge in [0.1, 0.15) is 5.75 Å². The summed E-state index contributed by atoms with van der Waals surface area (Å²) in [6.45, 7) is 0. The molecule has 0 aliphatic heterocycles. The number of benzene rings is 2. The van der Waals surface area contributed by atoms with Crippen LogP contribution in [0.1, 0.15) is 34.3 Å². The summed E-state index contributed by atoms with van der Waals surface area (Å²) in [6.07, 6.45) is 2.70. The first-order chi connectivity index (χ1) is 10.6. The fraction of sp³-hybridized carbons (Fsp3) is 0.167. The number of aromatic nitrogens is 1. The Labute approximate surface area is 127 Å². The molecule has 2 atom stereocenters. The number of phenolic OH excluding ortho intramolecular Hbond substituents is 1. The summed E-state index contributed by atoms with van der Waals surface area (Å²) in [7, 11) is 0. The van der Waals surface area contributed by atoms with Crippen LogP contribution in [0.25, 0.3) is 10.9 Å². The second-order valence-corrected chi connectivity index (χ2v) is 5.78. The van der Waals surface area contributed by atoms with Gasteiger partial charge in [0.25, 0.3) is 0 Å². The van der Waals surface area contributed by atoms with Gasteiger partial charge in [-0.25, -0.2) is 4.79 Å². The van der Waals surface area contributed by atoms with E-state index in [1.165, 1.54) is 11.6 Å². The normalized spacial score (nSPS) is 20.2. The number of aromatic hydroxyl groups is 1. The number of hydrogen-bond donors (Lipinski definition) is 2. The van der Waals surface area contributed by atoms with Gasteiger partial charge < -0.3 is 14.8 Å². The highest BCUT2D eigenvalue weighted by atomic mass is 16.4. The number of phenols is 1. The zero-order valence-electron chi connectivity index (χ0n) is 11.8. The monoisotopic (exact) mass is 293 g/mol. The summed E-state index contributed by atoms with van der Waals surface area (Å²) in [5.41, 5.74) is 2.38. The maximum Gasteiger partial charge on any atom is 0.337 e. The minimum absolute atomic E-state index is 0.0863. The van der Waals surface area contributed by atoms with Gasteiger partial charge in [-0.2, -0.15) is 0 Å². The summed E-state index contributed by atoms with van der Waals surface area (Å²) in [6, 6.07) is 15.5. The number of aromatic carboxylic acids is 1. The molecule has 2 N–H and O–H groups in total. The molecule has 1 saturated carbocycles. The maximum atomic E-state index is 11.4. The van der Waals surface area contributed by atoms with Crippen molar-refractivity contribution in [3.63, 3.8) is 0 Å². The SMILES string of the molecule is O=C(O)c1cn([C@@H]2C[C@H]2c2ccccc2)c2ccc(O)cc12. The van der Waals surface area contributed by atoms with E-state index in [0.717, 1.165) is 11.9 Å². The van der Waals surface area contributed by atoms with Crippen molar-refractivity contribution < 1.29 is 15.0 Å². The van der Waals surface area contributed by atoms with Crippen molar-refractivity contribution >= 4 is 16.9 Å². The molecule has 0 amide bonds. The number of carboxylic acids is 1. The third-order valence-electron chi connectivity index (χ3n) is 4.39. The van der Waals surface area contributed by atoms with Crippen LogP contribution in [0.15, 0.2) is 54.7 Å². The zero-order valence-corrected chi connectivity index (χ0v) is 11.8. The molecule has 0 unspecified atom stereocenters. The first kappa shape index (κ1) is 13.0. The van der Waals surface area contributed by atoms with E-state index < -0.39 is 5.97 Å². The van der Waals surface area contributed by atoms with Gasteiger partial charge >= 0.3 is 5.97 Å². The highest BCUT2D eigenvalue weighted by molar-refractivity contribution is 6.04. The van der Waals surface area contributed by atoms with Crippen LogP contribution in [0.4, 0.5) is 0 Å². The molecule has 4 rings (SSSR count). The summed E-state index contributed by atoms with van der Waals surface area (Å²) >= 11 is 0. The molecule has 22 heavy (non-hydrogen) atoms. The third-order valence-corrected chi connectivity index (χ3v) is 4.39. The van der Waals surface area contributed by atoms with Crippen LogP contribution in [-0.4, -0.2) is 20.7 Å². The van der Waals surface area contributed by atoms with Crippen molar-refractivity contribution in [1.29, 1.82) is 0 Å². The lowest BCUT2D eigenvalue weighted by Gasteiger charge is -2.05. The lowest BCUT2D eigenvalue weighted by Crippen LogP contribution is -1.96. The van der Waals surface area contributed by atoms with Gasteiger partial charge in [-0.1, -0.05) is 30.3 Å². The van der Waals surface area contributed by atoms with E-state index in [1.54, 1.807) is 18.3 Å². The Balaban J connectivity index is 1.79. The largest absolute Gasteiger partial charge is 0.508 e. The minimum Gasteiger partial charge on any atom is -0.508 e. The van der Waals surface area contributed by atoms with Crippen molar-refractivity contribution in [3.05, 3.63) is 65.9 Å². The first-order valence-corrected chi connectivity index (χ1v) is 7.27. The van der Waals surface area contributed by atoms with Crippen LogP contribution in [0.5, 0.6) is 5.75 Å². The number of fused-ring (bicyclic) bond motifs is 1. The van der Waals surface area contributed by atoms with E-state index in [0.29, 0.717) is 11.3 Å². The Morgan fingerprint density at radius 3 is 2.64 bits per heavy atom. The van der Waals surface area contributed by atoms with Gasteiger partial charge in [0.05, 0.1) is 5.56 Å². The quantitative estimate of drug-likeness (QED) is 0.772. The highest BCUT2D eigenvalue weighted by Crippen LogP contribution is 2.52. The minimum atomic E-state index is -0.966. The molecule has 1 aromatic heterocycles. The maximum absolute atomic E-state index is 11.4. The molecule has 110 valence electrons. The predicted octanol–water partition coefficient (Wildman–Crippen LogP) is 3.77. The van der Waals surface area contributed by atoms with Gasteiger partial charge in [0.2, 0.25) is 0 Å². The van der Waals surface area contributed by atoms with Crippen molar-refractivity contribution in [1.82, 2.24) is 4.57 Å². The molecule has 2 aromatic carbocycles. The van der Waals surface area contributed by atoms with Crippen LogP contribution >= 0.6 is 0 Å². The standard InChI is InChI=1S/C18H15NO3/c20-12-6-7-16-14(8-12)15(18(21)22)10-19(16)17-9-13(17)11-4-2-1-3-5-11/h1-8,10,13,17,20H,9H2,(H,21,22)/t13-,17+/m0/s1. The molecule has 0 saturated heterocycles. The fourth-order valence-electron chi connectivity index (χ4n) is 3.24. The fourth-order valence-corrected chi connectivity index (χ4v) is 3.24. The van der Waals surface area contributed by atoms with E-state index >= 15 is 0 Å². The van der Waals surface area contributed by atoms with E-state index in [2.05, 4.69) is 12.1 Å². The number of hydrogen-bond acceptors (Lipinski definition) is 2. The van der Waals surface area contributed by atoms with E-state index in [1.807, 2.05) is 22.8 Å². The Bertz CT molecular complexity index is 867. The Morgan fingerprint density at radius 1 is 1.14 bits per heavy atom. The Kier molecular flexibility index (Phi) is 2.73. The first-order valence-electron chi connectivity index (χ1n) is 7.27. The Morgan fingerprint density at radius 2 is 1.91 bits per heavy atom. The molecule has 1 fully saturated rings. The van der Waals surface area contributed by atoms with E-state index in [4.69, 9.17) is 0 Å². The smallest absolute Gasteiger partial charge is 0.337 e. The lowest BCUT2D eigenvalue weighted by molar-refractivity contribution is 0.0699. The van der Waals surface area contributed by atoms with Crippen LogP contribution in [0, 0.1) is 0 Å². The summed E-state index contributed by atoms with van der Waals surface area (Å²) in [5.74, 6) is -0.457. The second-order valence-electron chi connectivity index (χ2n) is 5.78. The van der Waals surface area contributed by atoms with Crippen LogP contribution in [0.3, 0.4) is 0 Å². The molecule has 4 heteroatoms. The number of rotatable bonds is 3. The topological polar surface area (TPSA) is 62.5 Å². The Hall–Kier alpha value is -2.75. The van der Waals surface area contributed by atoms with E-state index in [-0.39, 0.29) is 17.4 Å². The summed E-state index contributed by atoms with van der Waals surface area (Å²) < 4.78 is 2.04. The molecule has 0 spiro atoms. The summed E-state index contributed by atoms with van der Waals surface area (Å²) in [4.78, 5) is 11.4. The average molecular weight is 293 g/mol. The molecule has 1 aliphatic rings. The molecule has 4 nitrogen and oxygen atoms in total. The number of carbonyl (C=O) groups is 1. The van der Waals surface area contributed by atoms with Crippen molar-refractivity contribution in [2.24, 2.45) is 0 Å². The van der Waals surface area contributed by atoms with E-state index in [9.17, 15) is 15.0 Å². The molecular formula is C18H15NO3. The van der Waals surface area contributed by atoms with Gasteiger partial charge in [0, 0.05) is 29.1 Å². The average Bonchev–Trinajstić information content (AvgIpc) is 3.22. The number of carboxylic acid groups (broad SMARTS) is 1. The van der Waals surface area contributed by atoms with Crippen molar-refractivity contribution in [3.8, 4) is 5.75 Å². The lowest BCUT2D eigenvalue weighted by atomic mass is 10.1. The molecule has 0 bridgehead atoms. The molecule has 3 aromatic rings. The summed E-state index contributed by atoms with van der Waals surface area (Å²) in [5, 5.41) is 19.6. The van der Waals surface area contributed by atoms with Crippen molar-refractivity contribution in [2.75, 3.05) is 0 Å². The predicted molar refractivity (Wildman–Crippen MR) is 83.4 cm³/mol. The third kappa shape index (κ3) is 1.96. The molecule has 1 heterocycles. The van der Waals surface area contributed by atoms with Gasteiger partial charge in [-0.3, -0.25) is 0 Å². The van der Waals surface area contributed by atoms with Crippen LogP contribution in [0.2, 0.25) is 0 Å².